The van der Waals surface area contributed by atoms with Crippen molar-refractivity contribution >= 4 is 5.96 Å². The molecule has 0 amide bonds. The molecule has 5 heteroatoms. The van der Waals surface area contributed by atoms with E-state index in [4.69, 9.17) is 4.74 Å². The quantitative estimate of drug-likeness (QED) is 0.367. The number of guanidine groups is 1. The lowest BCUT2D eigenvalue weighted by atomic mass is 10.1. The van der Waals surface area contributed by atoms with Crippen LogP contribution in [-0.4, -0.2) is 63.8 Å². The molecule has 0 atom stereocenters. The summed E-state index contributed by atoms with van der Waals surface area (Å²) in [5, 5.41) is 6.53. The highest BCUT2D eigenvalue weighted by Gasteiger charge is 2.08. The van der Waals surface area contributed by atoms with Crippen molar-refractivity contribution in [2.75, 3.05) is 53.0 Å². The summed E-state index contributed by atoms with van der Waals surface area (Å²) in [7, 11) is 1.72. The summed E-state index contributed by atoms with van der Waals surface area (Å²) in [6, 6.07) is 0. The molecule has 1 rings (SSSR count). The summed E-state index contributed by atoms with van der Waals surface area (Å²) in [5.41, 5.74) is 0. The molecule has 0 aromatic rings. The van der Waals surface area contributed by atoms with Crippen molar-refractivity contribution < 1.29 is 4.74 Å². The van der Waals surface area contributed by atoms with Gasteiger partial charge in [0.05, 0.1) is 6.61 Å². The van der Waals surface area contributed by atoms with Crippen molar-refractivity contribution in [1.82, 2.24) is 15.5 Å². The Bertz CT molecular complexity index is 265. The molecule has 124 valence electrons. The van der Waals surface area contributed by atoms with Crippen LogP contribution in [0.4, 0.5) is 0 Å². The first-order valence-electron chi connectivity index (χ1n) is 8.60. The van der Waals surface area contributed by atoms with E-state index in [0.717, 1.165) is 25.6 Å². The molecule has 1 heterocycles. The Balaban J connectivity index is 2.03. The SMILES string of the molecule is CCNC(=NCCCCCN1CCCCC1)NCCOC. The monoisotopic (exact) mass is 298 g/mol. The Morgan fingerprint density at radius 3 is 2.62 bits per heavy atom. The van der Waals surface area contributed by atoms with E-state index < -0.39 is 0 Å². The second-order valence-corrected chi connectivity index (χ2v) is 5.64. The topological polar surface area (TPSA) is 48.9 Å². The number of methoxy groups -OCH3 is 1. The normalized spacial score (nSPS) is 17.0. The maximum absolute atomic E-state index is 5.04. The van der Waals surface area contributed by atoms with Gasteiger partial charge >= 0.3 is 0 Å². The number of aliphatic imine (C=N–C) groups is 1. The average molecular weight is 298 g/mol. The Kier molecular flexibility index (Phi) is 11.2. The molecular formula is C16H34N4O. The highest BCUT2D eigenvalue weighted by Crippen LogP contribution is 2.09. The molecule has 1 aliphatic rings. The summed E-state index contributed by atoms with van der Waals surface area (Å²) < 4.78 is 5.04. The molecular weight excluding hydrogens is 264 g/mol. The van der Waals surface area contributed by atoms with Gasteiger partial charge in [-0.3, -0.25) is 4.99 Å². The molecule has 2 N–H and O–H groups in total. The van der Waals surface area contributed by atoms with Crippen molar-refractivity contribution in [2.45, 2.75) is 45.4 Å². The molecule has 0 aromatic heterocycles. The molecule has 0 unspecified atom stereocenters. The molecule has 0 saturated carbocycles. The van der Waals surface area contributed by atoms with Crippen molar-refractivity contribution in [3.05, 3.63) is 0 Å². The van der Waals surface area contributed by atoms with Crippen LogP contribution in [0.1, 0.15) is 45.4 Å². The summed E-state index contributed by atoms with van der Waals surface area (Å²) in [6.07, 6.45) is 7.97. The minimum Gasteiger partial charge on any atom is -0.383 e. The summed E-state index contributed by atoms with van der Waals surface area (Å²) >= 11 is 0. The van der Waals surface area contributed by atoms with Crippen LogP contribution >= 0.6 is 0 Å². The molecule has 0 aromatic carbocycles. The van der Waals surface area contributed by atoms with Gasteiger partial charge < -0.3 is 20.3 Å². The molecule has 0 aliphatic carbocycles. The second-order valence-electron chi connectivity index (χ2n) is 5.64. The van der Waals surface area contributed by atoms with Gasteiger partial charge in [-0.25, -0.2) is 0 Å². The predicted molar refractivity (Wildman–Crippen MR) is 90.0 cm³/mol. The van der Waals surface area contributed by atoms with Crippen molar-refractivity contribution in [3.63, 3.8) is 0 Å². The molecule has 0 spiro atoms. The van der Waals surface area contributed by atoms with E-state index in [1.54, 1.807) is 7.11 Å². The van der Waals surface area contributed by atoms with Crippen LogP contribution in [0, 0.1) is 0 Å². The van der Waals surface area contributed by atoms with Gasteiger partial charge in [-0.15, -0.1) is 0 Å². The van der Waals surface area contributed by atoms with Gasteiger partial charge in [0.2, 0.25) is 0 Å². The number of piperidine rings is 1. The second kappa shape index (κ2) is 12.9. The Morgan fingerprint density at radius 1 is 1.10 bits per heavy atom. The number of hydrogen-bond donors (Lipinski definition) is 2. The van der Waals surface area contributed by atoms with Crippen LogP contribution in [0.5, 0.6) is 0 Å². The maximum Gasteiger partial charge on any atom is 0.191 e. The van der Waals surface area contributed by atoms with Crippen LogP contribution in [0.15, 0.2) is 4.99 Å². The zero-order valence-electron chi connectivity index (χ0n) is 14.0. The van der Waals surface area contributed by atoms with Gasteiger partial charge in [0, 0.05) is 26.7 Å². The maximum atomic E-state index is 5.04. The van der Waals surface area contributed by atoms with E-state index in [2.05, 4.69) is 27.4 Å². The highest BCUT2D eigenvalue weighted by atomic mass is 16.5. The zero-order chi connectivity index (χ0) is 15.2. The fourth-order valence-electron chi connectivity index (χ4n) is 2.61. The summed E-state index contributed by atoms with van der Waals surface area (Å²) in [5.74, 6) is 0.908. The minimum atomic E-state index is 0.709. The van der Waals surface area contributed by atoms with E-state index in [0.29, 0.717) is 6.61 Å². The molecule has 0 bridgehead atoms. The van der Waals surface area contributed by atoms with Crippen molar-refractivity contribution in [3.8, 4) is 0 Å². The molecule has 5 nitrogen and oxygen atoms in total. The first-order valence-corrected chi connectivity index (χ1v) is 8.60. The largest absolute Gasteiger partial charge is 0.383 e. The number of unbranched alkanes of at least 4 members (excludes halogenated alkanes) is 2. The van der Waals surface area contributed by atoms with E-state index in [1.165, 1.54) is 58.2 Å². The summed E-state index contributed by atoms with van der Waals surface area (Å²) in [4.78, 5) is 7.21. The molecule has 1 fully saturated rings. The van der Waals surface area contributed by atoms with Crippen LogP contribution in [0.2, 0.25) is 0 Å². The van der Waals surface area contributed by atoms with Gasteiger partial charge in [0.1, 0.15) is 0 Å². The van der Waals surface area contributed by atoms with E-state index in [-0.39, 0.29) is 0 Å². The third-order valence-electron chi connectivity index (χ3n) is 3.79. The standard InChI is InChI=1S/C16H34N4O/c1-3-17-16(19-11-15-21-2)18-10-6-4-7-12-20-13-8-5-9-14-20/h3-15H2,1-2H3,(H2,17,18,19). The lowest BCUT2D eigenvalue weighted by molar-refractivity contribution is 0.203. The predicted octanol–water partition coefficient (Wildman–Crippen LogP) is 1.84. The third-order valence-corrected chi connectivity index (χ3v) is 3.79. The van der Waals surface area contributed by atoms with E-state index >= 15 is 0 Å². The van der Waals surface area contributed by atoms with E-state index in [9.17, 15) is 0 Å². The third kappa shape index (κ3) is 9.69. The molecule has 21 heavy (non-hydrogen) atoms. The molecule has 1 aliphatic heterocycles. The fraction of sp³-hybridized carbons (Fsp3) is 0.938. The minimum absolute atomic E-state index is 0.709. The highest BCUT2D eigenvalue weighted by molar-refractivity contribution is 5.79. The first-order chi connectivity index (χ1) is 10.4. The van der Waals surface area contributed by atoms with Crippen LogP contribution in [0.3, 0.4) is 0 Å². The average Bonchev–Trinajstić information content (AvgIpc) is 2.52. The summed E-state index contributed by atoms with van der Waals surface area (Å²) in [6.45, 7) is 9.30. The van der Waals surface area contributed by atoms with Gasteiger partial charge in [-0.05, 0) is 52.2 Å². The molecule has 1 saturated heterocycles. The fourth-order valence-corrected chi connectivity index (χ4v) is 2.61. The van der Waals surface area contributed by atoms with Gasteiger partial charge in [-0.2, -0.15) is 0 Å². The van der Waals surface area contributed by atoms with E-state index in [1.807, 2.05) is 0 Å². The first kappa shape index (κ1) is 18.2. The zero-order valence-corrected chi connectivity index (χ0v) is 14.0. The number of nitrogens with one attached hydrogen (secondary N) is 2. The number of likely N-dealkylation sites (tertiary alicyclic amines) is 1. The van der Waals surface area contributed by atoms with Crippen LogP contribution < -0.4 is 10.6 Å². The van der Waals surface area contributed by atoms with Crippen LogP contribution in [0.25, 0.3) is 0 Å². The molecule has 0 radical (unpaired) electrons. The van der Waals surface area contributed by atoms with Crippen LogP contribution in [-0.2, 0) is 4.74 Å². The lowest BCUT2D eigenvalue weighted by Gasteiger charge is -2.26. The number of ether oxygens (including phenoxy) is 1. The van der Waals surface area contributed by atoms with Gasteiger partial charge in [-0.1, -0.05) is 12.8 Å². The Morgan fingerprint density at radius 2 is 1.90 bits per heavy atom. The Labute approximate surface area is 130 Å². The number of hydrogen-bond acceptors (Lipinski definition) is 3. The van der Waals surface area contributed by atoms with Gasteiger partial charge in [0.25, 0.3) is 0 Å². The number of nitrogens with zero attached hydrogens (tertiary/aromatic N) is 2. The lowest BCUT2D eigenvalue weighted by Crippen LogP contribution is -2.39. The number of rotatable bonds is 10. The van der Waals surface area contributed by atoms with Crippen molar-refractivity contribution in [1.29, 1.82) is 0 Å². The van der Waals surface area contributed by atoms with Crippen molar-refractivity contribution in [2.24, 2.45) is 4.99 Å². The smallest absolute Gasteiger partial charge is 0.191 e. The van der Waals surface area contributed by atoms with Gasteiger partial charge in [0.15, 0.2) is 5.96 Å². The Hall–Kier alpha value is -0.810.